The van der Waals surface area contributed by atoms with Crippen LogP contribution in [0.25, 0.3) is 0 Å². The number of benzene rings is 1. The third kappa shape index (κ3) is 5.33. The van der Waals surface area contributed by atoms with Crippen molar-refractivity contribution in [3.05, 3.63) is 35.4 Å². The third-order valence-corrected chi connectivity index (χ3v) is 2.79. The monoisotopic (exact) mass is 236 g/mol. The van der Waals surface area contributed by atoms with Gasteiger partial charge >= 0.3 is 0 Å². The number of hydrogen-bond donors (Lipinski definition) is 1. The average molecular weight is 236 g/mol. The lowest BCUT2D eigenvalue weighted by atomic mass is 10.0. The van der Waals surface area contributed by atoms with E-state index < -0.39 is 6.10 Å². The van der Waals surface area contributed by atoms with E-state index in [0.717, 1.165) is 31.4 Å². The Morgan fingerprint density at radius 2 is 1.76 bits per heavy atom. The Hall–Kier alpha value is -0.860. The molecule has 1 N–H and O–H groups in total. The van der Waals surface area contributed by atoms with Crippen LogP contribution in [0.2, 0.25) is 0 Å². The molecule has 1 rings (SSSR count). The van der Waals surface area contributed by atoms with Crippen molar-refractivity contribution in [1.82, 2.24) is 0 Å². The molecule has 0 bridgehead atoms. The van der Waals surface area contributed by atoms with Gasteiger partial charge in [0.15, 0.2) is 0 Å². The summed E-state index contributed by atoms with van der Waals surface area (Å²) in [6.07, 6.45) is 3.57. The van der Waals surface area contributed by atoms with E-state index in [0.29, 0.717) is 13.0 Å². The quantitative estimate of drug-likeness (QED) is 0.700. The van der Waals surface area contributed by atoms with Crippen LogP contribution in [0.5, 0.6) is 0 Å². The molecule has 0 saturated carbocycles. The first kappa shape index (κ1) is 14.2. The molecule has 0 radical (unpaired) electrons. The fourth-order valence-electron chi connectivity index (χ4n) is 1.80. The summed E-state index contributed by atoms with van der Waals surface area (Å²) in [5.41, 5.74) is 2.33. The van der Waals surface area contributed by atoms with Crippen LogP contribution in [0.4, 0.5) is 0 Å². The SMILES string of the molecule is CCCOCCC(O)c1ccc(CCC)cc1. The van der Waals surface area contributed by atoms with Crippen LogP contribution in [0.1, 0.15) is 50.3 Å². The first-order valence-corrected chi connectivity index (χ1v) is 6.62. The van der Waals surface area contributed by atoms with Gasteiger partial charge in [-0.2, -0.15) is 0 Å². The summed E-state index contributed by atoms with van der Waals surface area (Å²) in [4.78, 5) is 0. The van der Waals surface area contributed by atoms with Gasteiger partial charge in [-0.15, -0.1) is 0 Å². The van der Waals surface area contributed by atoms with Gasteiger partial charge in [0.25, 0.3) is 0 Å². The van der Waals surface area contributed by atoms with Gasteiger partial charge in [-0.05, 0) is 24.0 Å². The summed E-state index contributed by atoms with van der Waals surface area (Å²) in [5, 5.41) is 9.96. The molecular weight excluding hydrogens is 212 g/mol. The summed E-state index contributed by atoms with van der Waals surface area (Å²) in [7, 11) is 0. The predicted molar refractivity (Wildman–Crippen MR) is 71.1 cm³/mol. The van der Waals surface area contributed by atoms with Crippen molar-refractivity contribution in [3.63, 3.8) is 0 Å². The number of aliphatic hydroxyl groups is 1. The maximum atomic E-state index is 9.96. The number of hydrogen-bond acceptors (Lipinski definition) is 2. The lowest BCUT2D eigenvalue weighted by molar-refractivity contribution is 0.0822. The Kier molecular flexibility index (Phi) is 6.90. The van der Waals surface area contributed by atoms with Crippen molar-refractivity contribution in [1.29, 1.82) is 0 Å². The Balaban J connectivity index is 2.37. The molecule has 0 aliphatic carbocycles. The summed E-state index contributed by atoms with van der Waals surface area (Å²) < 4.78 is 5.38. The van der Waals surface area contributed by atoms with Crippen LogP contribution in [0.15, 0.2) is 24.3 Å². The third-order valence-electron chi connectivity index (χ3n) is 2.79. The van der Waals surface area contributed by atoms with E-state index in [1.807, 2.05) is 12.1 Å². The van der Waals surface area contributed by atoms with Crippen LogP contribution in [0, 0.1) is 0 Å². The van der Waals surface area contributed by atoms with Gasteiger partial charge in [-0.25, -0.2) is 0 Å². The maximum absolute atomic E-state index is 9.96. The van der Waals surface area contributed by atoms with Crippen molar-refractivity contribution in [2.45, 2.75) is 45.6 Å². The largest absolute Gasteiger partial charge is 0.388 e. The van der Waals surface area contributed by atoms with E-state index in [2.05, 4.69) is 26.0 Å². The molecule has 2 heteroatoms. The molecule has 0 aliphatic rings. The standard InChI is InChI=1S/C15H24O2/c1-3-5-13-6-8-14(9-7-13)15(16)10-12-17-11-4-2/h6-9,15-16H,3-5,10-12H2,1-2H3. The number of aliphatic hydroxyl groups excluding tert-OH is 1. The molecule has 1 unspecified atom stereocenters. The molecule has 1 aromatic carbocycles. The molecule has 0 fully saturated rings. The van der Waals surface area contributed by atoms with Crippen molar-refractivity contribution in [3.8, 4) is 0 Å². The molecule has 0 amide bonds. The smallest absolute Gasteiger partial charge is 0.0812 e. The molecule has 0 spiro atoms. The zero-order chi connectivity index (χ0) is 12.5. The van der Waals surface area contributed by atoms with E-state index in [1.165, 1.54) is 5.56 Å². The fraction of sp³-hybridized carbons (Fsp3) is 0.600. The minimum absolute atomic E-state index is 0.400. The van der Waals surface area contributed by atoms with E-state index in [-0.39, 0.29) is 0 Å². The molecule has 1 aromatic rings. The summed E-state index contributed by atoms with van der Waals surface area (Å²) in [6, 6.07) is 8.26. The normalized spacial score (nSPS) is 12.6. The van der Waals surface area contributed by atoms with Crippen LogP contribution >= 0.6 is 0 Å². The van der Waals surface area contributed by atoms with Crippen LogP contribution in [-0.4, -0.2) is 18.3 Å². The van der Waals surface area contributed by atoms with Gasteiger partial charge in [0.1, 0.15) is 0 Å². The average Bonchev–Trinajstić information content (AvgIpc) is 2.36. The van der Waals surface area contributed by atoms with Gasteiger partial charge in [-0.3, -0.25) is 0 Å². The van der Waals surface area contributed by atoms with Gasteiger partial charge in [0.05, 0.1) is 6.10 Å². The van der Waals surface area contributed by atoms with Crippen molar-refractivity contribution >= 4 is 0 Å². The van der Waals surface area contributed by atoms with Crippen molar-refractivity contribution < 1.29 is 9.84 Å². The molecule has 2 nitrogen and oxygen atoms in total. The minimum Gasteiger partial charge on any atom is -0.388 e. The topological polar surface area (TPSA) is 29.5 Å². The van der Waals surface area contributed by atoms with Gasteiger partial charge < -0.3 is 9.84 Å². The predicted octanol–water partition coefficient (Wildman–Crippen LogP) is 3.49. The lowest BCUT2D eigenvalue weighted by Crippen LogP contribution is -2.04. The second-order valence-corrected chi connectivity index (χ2v) is 4.41. The number of aryl methyl sites for hydroxylation is 1. The number of ether oxygens (including phenoxy) is 1. The molecular formula is C15H24O2. The van der Waals surface area contributed by atoms with E-state index in [4.69, 9.17) is 4.74 Å². The van der Waals surface area contributed by atoms with Crippen LogP contribution in [0.3, 0.4) is 0 Å². The second-order valence-electron chi connectivity index (χ2n) is 4.41. The summed E-state index contributed by atoms with van der Waals surface area (Å²) in [5.74, 6) is 0. The Morgan fingerprint density at radius 3 is 2.35 bits per heavy atom. The van der Waals surface area contributed by atoms with Gasteiger partial charge in [-0.1, -0.05) is 44.5 Å². The Morgan fingerprint density at radius 1 is 1.06 bits per heavy atom. The zero-order valence-corrected chi connectivity index (χ0v) is 11.0. The first-order chi connectivity index (χ1) is 8.27. The summed E-state index contributed by atoms with van der Waals surface area (Å²) in [6.45, 7) is 5.67. The first-order valence-electron chi connectivity index (χ1n) is 6.62. The Bertz CT molecular complexity index is 292. The highest BCUT2D eigenvalue weighted by atomic mass is 16.5. The van der Waals surface area contributed by atoms with E-state index in [9.17, 15) is 5.11 Å². The van der Waals surface area contributed by atoms with Gasteiger partial charge in [0, 0.05) is 19.6 Å². The molecule has 96 valence electrons. The molecule has 1 atom stereocenters. The Labute approximate surface area is 105 Å². The fourth-order valence-corrected chi connectivity index (χ4v) is 1.80. The maximum Gasteiger partial charge on any atom is 0.0812 e. The highest BCUT2D eigenvalue weighted by Gasteiger charge is 2.06. The molecule has 17 heavy (non-hydrogen) atoms. The molecule has 0 heterocycles. The highest BCUT2D eigenvalue weighted by Crippen LogP contribution is 2.17. The molecule has 0 saturated heterocycles. The van der Waals surface area contributed by atoms with Crippen molar-refractivity contribution in [2.24, 2.45) is 0 Å². The molecule has 0 aliphatic heterocycles. The van der Waals surface area contributed by atoms with Gasteiger partial charge in [0.2, 0.25) is 0 Å². The number of rotatable bonds is 8. The minimum atomic E-state index is -0.400. The summed E-state index contributed by atoms with van der Waals surface area (Å²) >= 11 is 0. The second kappa shape index (κ2) is 8.26. The van der Waals surface area contributed by atoms with Crippen LogP contribution < -0.4 is 0 Å². The van der Waals surface area contributed by atoms with Crippen LogP contribution in [-0.2, 0) is 11.2 Å². The lowest BCUT2D eigenvalue weighted by Gasteiger charge is -2.11. The zero-order valence-electron chi connectivity index (χ0n) is 11.0. The molecule has 0 aromatic heterocycles. The van der Waals surface area contributed by atoms with E-state index >= 15 is 0 Å². The van der Waals surface area contributed by atoms with Crippen molar-refractivity contribution in [2.75, 3.05) is 13.2 Å². The van der Waals surface area contributed by atoms with E-state index in [1.54, 1.807) is 0 Å². The highest BCUT2D eigenvalue weighted by molar-refractivity contribution is 5.24.